The zero-order chi connectivity index (χ0) is 20.8. The molecule has 4 N–H and O–H groups in total. The van der Waals surface area contributed by atoms with Crippen LogP contribution >= 0.6 is 0 Å². The van der Waals surface area contributed by atoms with E-state index >= 15 is 0 Å². The molecule has 0 aromatic heterocycles. The van der Waals surface area contributed by atoms with E-state index in [2.05, 4.69) is 20.9 Å². The number of carboxylic acid groups (broad SMARTS) is 2. The number of rotatable bonds is 6. The van der Waals surface area contributed by atoms with Crippen LogP contribution in [0.3, 0.4) is 0 Å². The Morgan fingerprint density at radius 2 is 1.32 bits per heavy atom. The topological polar surface area (TPSA) is 158 Å². The summed E-state index contributed by atoms with van der Waals surface area (Å²) in [4.78, 5) is 47.5. The van der Waals surface area contributed by atoms with E-state index in [4.69, 9.17) is 0 Å². The molecule has 0 unspecified atom stereocenters. The first-order valence-electron chi connectivity index (χ1n) is 7.86. The molecule has 2 aromatic carbocycles. The Morgan fingerprint density at radius 3 is 1.75 bits per heavy atom. The highest BCUT2D eigenvalue weighted by molar-refractivity contribution is 6.14. The normalized spacial score (nSPS) is 10.5. The zero-order valence-corrected chi connectivity index (χ0v) is 14.9. The number of carbonyl (C=O) groups excluding carboxylic acids is 2. The van der Waals surface area contributed by atoms with Crippen molar-refractivity contribution < 1.29 is 29.4 Å². The van der Waals surface area contributed by atoms with Crippen LogP contribution in [0.15, 0.2) is 46.6 Å². The molecule has 0 saturated carbocycles. The zero-order valence-electron chi connectivity index (χ0n) is 14.9. The van der Waals surface area contributed by atoms with Crippen LogP contribution in [-0.2, 0) is 0 Å². The van der Waals surface area contributed by atoms with Gasteiger partial charge in [-0.15, -0.1) is 0 Å². The molecule has 0 heterocycles. The van der Waals surface area contributed by atoms with Gasteiger partial charge in [0.1, 0.15) is 0 Å². The van der Waals surface area contributed by atoms with Gasteiger partial charge in [0.25, 0.3) is 11.8 Å². The number of hydrogen-bond acceptors (Lipinski definition) is 6. The summed E-state index contributed by atoms with van der Waals surface area (Å²) < 4.78 is 0. The molecule has 28 heavy (non-hydrogen) atoms. The van der Waals surface area contributed by atoms with E-state index in [1.807, 2.05) is 0 Å². The molecule has 10 heteroatoms. The lowest BCUT2D eigenvalue weighted by atomic mass is 9.97. The molecule has 0 radical (unpaired) electrons. The number of nitrogens with zero attached hydrogens (tertiary/aromatic N) is 2. The fourth-order valence-corrected chi connectivity index (χ4v) is 2.39. The van der Waals surface area contributed by atoms with Gasteiger partial charge in [0, 0.05) is 19.8 Å². The van der Waals surface area contributed by atoms with E-state index in [1.54, 1.807) is 12.1 Å². The van der Waals surface area contributed by atoms with Gasteiger partial charge in [-0.25, -0.2) is 9.59 Å². The van der Waals surface area contributed by atoms with Crippen LogP contribution in [0.25, 0.3) is 0 Å². The number of nitrogens with one attached hydrogen (secondary N) is 2. The summed E-state index contributed by atoms with van der Waals surface area (Å²) in [7, 11) is 2.78. The Labute approximate surface area is 158 Å². The largest absolute Gasteiger partial charge is 0.478 e. The van der Waals surface area contributed by atoms with Crippen LogP contribution in [0.5, 0.6) is 0 Å². The van der Waals surface area contributed by atoms with Gasteiger partial charge in [0.15, 0.2) is 0 Å². The van der Waals surface area contributed by atoms with Gasteiger partial charge >= 0.3 is 11.9 Å². The fourth-order valence-electron chi connectivity index (χ4n) is 2.39. The third-order valence-electron chi connectivity index (χ3n) is 3.68. The summed E-state index contributed by atoms with van der Waals surface area (Å²) >= 11 is 0. The Kier molecular flexibility index (Phi) is 6.17. The molecule has 2 aromatic rings. The van der Waals surface area contributed by atoms with Crippen LogP contribution in [-0.4, -0.2) is 48.1 Å². The number of hydrogen-bond donors (Lipinski definition) is 4. The molecule has 0 atom stereocenters. The number of aromatic carboxylic acids is 2. The van der Waals surface area contributed by atoms with Gasteiger partial charge in [0.05, 0.1) is 27.9 Å². The Balaban J connectivity index is 2.48. The van der Waals surface area contributed by atoms with Gasteiger partial charge < -0.3 is 20.8 Å². The first-order valence-corrected chi connectivity index (χ1v) is 7.86. The van der Waals surface area contributed by atoms with Crippen molar-refractivity contribution >= 4 is 35.1 Å². The lowest BCUT2D eigenvalue weighted by Gasteiger charge is -2.12. The molecule has 0 saturated heterocycles. The van der Waals surface area contributed by atoms with Crippen molar-refractivity contribution in [3.63, 3.8) is 0 Å². The molecule has 144 valence electrons. The molecular formula is C18H16N4O6. The SMILES string of the molecule is CN=Nc1ccc(NC(=O)c2cc(C(=O)O)c(C(=O)NC)cc2C(=O)O)cc1. The number of amides is 2. The summed E-state index contributed by atoms with van der Waals surface area (Å²) in [6.45, 7) is 0. The monoisotopic (exact) mass is 384 g/mol. The van der Waals surface area contributed by atoms with Crippen LogP contribution < -0.4 is 10.6 Å². The van der Waals surface area contributed by atoms with Crippen molar-refractivity contribution in [1.82, 2.24) is 5.32 Å². The highest BCUT2D eigenvalue weighted by Gasteiger charge is 2.25. The van der Waals surface area contributed by atoms with Crippen molar-refractivity contribution in [1.29, 1.82) is 0 Å². The van der Waals surface area contributed by atoms with Crippen LogP contribution in [0.1, 0.15) is 41.4 Å². The van der Waals surface area contributed by atoms with E-state index in [-0.39, 0.29) is 5.56 Å². The minimum atomic E-state index is -1.48. The highest BCUT2D eigenvalue weighted by Crippen LogP contribution is 2.21. The maximum atomic E-state index is 12.6. The van der Waals surface area contributed by atoms with Gasteiger partial charge in [-0.05, 0) is 36.4 Å². The predicted octanol–water partition coefficient (Wildman–Crippen LogP) is 2.41. The molecule has 0 fully saturated rings. The van der Waals surface area contributed by atoms with Crippen LogP contribution in [0.4, 0.5) is 11.4 Å². The predicted molar refractivity (Wildman–Crippen MR) is 98.6 cm³/mol. The highest BCUT2D eigenvalue weighted by atomic mass is 16.4. The van der Waals surface area contributed by atoms with Crippen molar-refractivity contribution in [2.45, 2.75) is 0 Å². The number of carboxylic acids is 2. The van der Waals surface area contributed by atoms with Crippen LogP contribution in [0, 0.1) is 0 Å². The molecule has 0 aliphatic rings. The van der Waals surface area contributed by atoms with E-state index in [9.17, 15) is 29.4 Å². The average molecular weight is 384 g/mol. The summed E-state index contributed by atoms with van der Waals surface area (Å²) in [6.07, 6.45) is 0. The smallest absolute Gasteiger partial charge is 0.336 e. The van der Waals surface area contributed by atoms with Crippen molar-refractivity contribution in [2.24, 2.45) is 10.2 Å². The standard InChI is InChI=1S/C18H16N4O6/c1-19-15(23)11-7-14(18(27)28)12(8-13(11)17(25)26)16(24)21-9-3-5-10(6-4-9)22-20-2/h3-8H,1-2H3,(H,19,23)(H,21,24)(H,25,26)(H,27,28). The second-order valence-electron chi connectivity index (χ2n) is 5.43. The van der Waals surface area contributed by atoms with Crippen LogP contribution in [0.2, 0.25) is 0 Å². The number of azo groups is 1. The third-order valence-corrected chi connectivity index (χ3v) is 3.68. The molecule has 2 rings (SSSR count). The van der Waals surface area contributed by atoms with Crippen molar-refractivity contribution in [2.75, 3.05) is 19.4 Å². The molecule has 0 bridgehead atoms. The van der Waals surface area contributed by atoms with E-state index in [0.717, 1.165) is 12.1 Å². The minimum absolute atomic E-state index is 0.337. The lowest BCUT2D eigenvalue weighted by Crippen LogP contribution is -2.24. The Bertz CT molecular complexity index is 982. The summed E-state index contributed by atoms with van der Waals surface area (Å²) in [5.41, 5.74) is -0.864. The summed E-state index contributed by atoms with van der Waals surface area (Å²) in [5, 5.41) is 30.9. The van der Waals surface area contributed by atoms with Gasteiger partial charge in [-0.3, -0.25) is 9.59 Å². The van der Waals surface area contributed by atoms with E-state index in [1.165, 1.54) is 26.2 Å². The van der Waals surface area contributed by atoms with Crippen molar-refractivity contribution in [3.05, 3.63) is 58.7 Å². The molecule has 0 spiro atoms. The average Bonchev–Trinajstić information content (AvgIpc) is 2.67. The van der Waals surface area contributed by atoms with Gasteiger partial charge in [0.2, 0.25) is 0 Å². The Hall–Kier alpha value is -4.08. The van der Waals surface area contributed by atoms with E-state index in [0.29, 0.717) is 11.4 Å². The first kappa shape index (κ1) is 20.2. The van der Waals surface area contributed by atoms with Gasteiger partial charge in [-0.1, -0.05) is 0 Å². The Morgan fingerprint density at radius 1 is 0.821 bits per heavy atom. The summed E-state index contributed by atoms with van der Waals surface area (Å²) in [6, 6.07) is 7.95. The second-order valence-corrected chi connectivity index (χ2v) is 5.43. The fraction of sp³-hybridized carbons (Fsp3) is 0.111. The number of benzene rings is 2. The number of carbonyl (C=O) groups is 4. The number of anilines is 1. The maximum Gasteiger partial charge on any atom is 0.336 e. The van der Waals surface area contributed by atoms with Gasteiger partial charge in [-0.2, -0.15) is 10.2 Å². The maximum absolute atomic E-state index is 12.6. The quantitative estimate of drug-likeness (QED) is 0.560. The van der Waals surface area contributed by atoms with Crippen molar-refractivity contribution in [3.8, 4) is 0 Å². The first-order chi connectivity index (χ1) is 13.3. The molecule has 0 aliphatic heterocycles. The lowest BCUT2D eigenvalue weighted by molar-refractivity contribution is 0.0676. The molecule has 2 amide bonds. The molecular weight excluding hydrogens is 368 g/mol. The molecule has 10 nitrogen and oxygen atoms in total. The third kappa shape index (κ3) is 4.36. The minimum Gasteiger partial charge on any atom is -0.478 e. The molecule has 0 aliphatic carbocycles. The van der Waals surface area contributed by atoms with E-state index < -0.39 is 40.4 Å². The second kappa shape index (κ2) is 8.54. The summed E-state index contributed by atoms with van der Waals surface area (Å²) in [5.74, 6) is -4.58.